The van der Waals surface area contributed by atoms with E-state index in [0.717, 1.165) is 47.9 Å². The van der Waals surface area contributed by atoms with Gasteiger partial charge in [0.1, 0.15) is 5.78 Å². The molecular weight excluding hydrogens is 384 g/mol. The van der Waals surface area contributed by atoms with Crippen molar-refractivity contribution in [3.8, 4) is 0 Å². The number of carboxylic acids is 1. The molecule has 1 aliphatic carbocycles. The van der Waals surface area contributed by atoms with Gasteiger partial charge in [-0.2, -0.15) is 0 Å². The van der Waals surface area contributed by atoms with E-state index in [1.54, 1.807) is 11.3 Å². The normalized spacial score (nSPS) is 20.4. The lowest BCUT2D eigenvalue weighted by atomic mass is 9.84. The third kappa shape index (κ3) is 5.77. The summed E-state index contributed by atoms with van der Waals surface area (Å²) in [6.07, 6.45) is 5.93. The fraction of sp³-hybridized carbons (Fsp3) is 0.500. The minimum absolute atomic E-state index is 0.0107. The zero-order valence-electron chi connectivity index (χ0n) is 16.8. The molecule has 0 saturated heterocycles. The Balaban J connectivity index is 1.50. The van der Waals surface area contributed by atoms with E-state index in [4.69, 9.17) is 5.11 Å². The number of aliphatic hydroxyl groups excluding tert-OH is 1. The van der Waals surface area contributed by atoms with Crippen molar-refractivity contribution in [3.63, 3.8) is 0 Å². The van der Waals surface area contributed by atoms with Gasteiger partial charge in [-0.3, -0.25) is 9.59 Å². The van der Waals surface area contributed by atoms with E-state index in [-0.39, 0.29) is 24.0 Å². The van der Waals surface area contributed by atoms with Crippen LogP contribution in [0.5, 0.6) is 0 Å². The van der Waals surface area contributed by atoms with Crippen molar-refractivity contribution in [1.82, 2.24) is 0 Å². The molecule has 1 heterocycles. The molecule has 3 atom stereocenters. The van der Waals surface area contributed by atoms with Crippen molar-refractivity contribution in [2.75, 3.05) is 0 Å². The van der Waals surface area contributed by atoms with Crippen LogP contribution in [0.1, 0.15) is 68.8 Å². The molecule has 1 fully saturated rings. The van der Waals surface area contributed by atoms with Crippen molar-refractivity contribution >= 4 is 33.2 Å². The van der Waals surface area contributed by atoms with Crippen LogP contribution >= 0.6 is 11.3 Å². The van der Waals surface area contributed by atoms with Crippen LogP contribution in [0.3, 0.4) is 0 Å². The van der Waals surface area contributed by atoms with Gasteiger partial charge in [0.15, 0.2) is 0 Å². The Morgan fingerprint density at radius 1 is 1.14 bits per heavy atom. The molecule has 2 aromatic rings. The van der Waals surface area contributed by atoms with Gasteiger partial charge in [-0.05, 0) is 49.1 Å². The van der Waals surface area contributed by atoms with Crippen molar-refractivity contribution in [3.05, 3.63) is 47.4 Å². The number of aliphatic hydroxyl groups is 1. The lowest BCUT2D eigenvalue weighted by Crippen LogP contribution is -2.16. The van der Waals surface area contributed by atoms with E-state index in [2.05, 4.69) is 24.8 Å². The maximum Gasteiger partial charge on any atom is 0.303 e. The Kier molecular flexibility index (Phi) is 7.62. The number of ketones is 1. The Morgan fingerprint density at radius 3 is 2.66 bits per heavy atom. The average Bonchev–Trinajstić information content (AvgIpc) is 3.23. The van der Waals surface area contributed by atoms with Crippen LogP contribution in [-0.2, 0) is 9.59 Å². The fourth-order valence-corrected chi connectivity index (χ4v) is 5.49. The number of benzene rings is 1. The van der Waals surface area contributed by atoms with Crippen molar-refractivity contribution in [2.45, 2.75) is 63.9 Å². The van der Waals surface area contributed by atoms with Crippen LogP contribution in [0, 0.1) is 11.8 Å². The maximum atomic E-state index is 12.4. The molecule has 0 aliphatic heterocycles. The molecule has 0 bridgehead atoms. The van der Waals surface area contributed by atoms with Gasteiger partial charge in [0.05, 0.1) is 6.10 Å². The Bertz CT molecular complexity index is 836. The van der Waals surface area contributed by atoms with Gasteiger partial charge in [0, 0.05) is 28.3 Å². The van der Waals surface area contributed by atoms with E-state index >= 15 is 0 Å². The Labute approximate surface area is 176 Å². The van der Waals surface area contributed by atoms with E-state index in [1.807, 2.05) is 12.1 Å². The molecule has 156 valence electrons. The number of carbonyl (C=O) groups is 2. The summed E-state index contributed by atoms with van der Waals surface area (Å²) >= 11 is 1.63. The van der Waals surface area contributed by atoms with Gasteiger partial charge in [0.25, 0.3) is 0 Å². The lowest BCUT2D eigenvalue weighted by Gasteiger charge is -2.20. The number of thiophene rings is 1. The van der Waals surface area contributed by atoms with Gasteiger partial charge < -0.3 is 10.2 Å². The number of fused-ring (bicyclic) bond motifs is 1. The lowest BCUT2D eigenvalue weighted by molar-refractivity contribution is -0.137. The quantitative estimate of drug-likeness (QED) is 0.354. The van der Waals surface area contributed by atoms with Crippen molar-refractivity contribution in [2.24, 2.45) is 11.8 Å². The van der Waals surface area contributed by atoms with Crippen molar-refractivity contribution < 1.29 is 19.8 Å². The first kappa shape index (κ1) is 21.7. The van der Waals surface area contributed by atoms with Gasteiger partial charge in [0.2, 0.25) is 0 Å². The molecule has 0 unspecified atom stereocenters. The highest BCUT2D eigenvalue weighted by molar-refractivity contribution is 7.19. The number of carbonyl (C=O) groups excluding carboxylic acids is 1. The maximum absolute atomic E-state index is 12.4. The highest BCUT2D eigenvalue weighted by Gasteiger charge is 2.36. The minimum atomic E-state index is -0.746. The SMILES string of the molecule is C=C1CC(=O)[C@H](CCCCCCC(=O)O)[C@H]1CC[C@@H](O)c1cc2ccccc2s1. The molecule has 2 N–H and O–H groups in total. The molecule has 29 heavy (non-hydrogen) atoms. The molecule has 1 aromatic heterocycles. The summed E-state index contributed by atoms with van der Waals surface area (Å²) < 4.78 is 1.18. The number of aliphatic carboxylic acids is 1. The number of hydrogen-bond acceptors (Lipinski definition) is 4. The highest BCUT2D eigenvalue weighted by atomic mass is 32.1. The topological polar surface area (TPSA) is 74.6 Å². The van der Waals surface area contributed by atoms with Crippen LogP contribution in [-0.4, -0.2) is 22.0 Å². The molecule has 0 spiro atoms. The number of allylic oxidation sites excluding steroid dienone is 1. The number of unbranched alkanes of at least 4 members (excludes halogenated alkanes) is 3. The third-order valence-electron chi connectivity index (χ3n) is 6.00. The van der Waals surface area contributed by atoms with Gasteiger partial charge in [-0.1, -0.05) is 49.6 Å². The molecule has 3 rings (SSSR count). The zero-order valence-corrected chi connectivity index (χ0v) is 17.6. The summed E-state index contributed by atoms with van der Waals surface area (Å²) in [5, 5.41) is 20.5. The minimum Gasteiger partial charge on any atom is -0.481 e. The first-order valence-corrected chi connectivity index (χ1v) is 11.4. The molecule has 5 heteroatoms. The van der Waals surface area contributed by atoms with E-state index in [9.17, 15) is 14.7 Å². The zero-order chi connectivity index (χ0) is 20.8. The van der Waals surface area contributed by atoms with Crippen LogP contribution in [0.25, 0.3) is 10.1 Å². The fourth-order valence-electron chi connectivity index (χ4n) is 4.40. The number of carboxylic acid groups (broad SMARTS) is 1. The highest BCUT2D eigenvalue weighted by Crippen LogP contribution is 2.41. The second kappa shape index (κ2) is 10.2. The van der Waals surface area contributed by atoms with Gasteiger partial charge in [-0.15, -0.1) is 11.3 Å². The molecule has 0 radical (unpaired) electrons. The molecule has 1 aromatic carbocycles. The predicted octanol–water partition coefficient (Wildman–Crippen LogP) is 5.90. The summed E-state index contributed by atoms with van der Waals surface area (Å²) in [6, 6.07) is 10.2. The summed E-state index contributed by atoms with van der Waals surface area (Å²) in [7, 11) is 0. The van der Waals surface area contributed by atoms with Crippen LogP contribution in [0.15, 0.2) is 42.5 Å². The van der Waals surface area contributed by atoms with E-state index < -0.39 is 12.1 Å². The van der Waals surface area contributed by atoms with Gasteiger partial charge >= 0.3 is 5.97 Å². The van der Waals surface area contributed by atoms with Gasteiger partial charge in [-0.25, -0.2) is 0 Å². The Morgan fingerprint density at radius 2 is 1.90 bits per heavy atom. The monoisotopic (exact) mass is 414 g/mol. The summed E-state index contributed by atoms with van der Waals surface area (Å²) in [5.41, 5.74) is 1.01. The number of Topliss-reactive ketones (excluding diaryl/α,β-unsaturated/α-hetero) is 1. The van der Waals surface area contributed by atoms with Crippen LogP contribution < -0.4 is 0 Å². The molecule has 1 saturated carbocycles. The summed E-state index contributed by atoms with van der Waals surface area (Å²) in [4.78, 5) is 24.0. The summed E-state index contributed by atoms with van der Waals surface area (Å²) in [6.45, 7) is 4.13. The van der Waals surface area contributed by atoms with Crippen LogP contribution in [0.4, 0.5) is 0 Å². The Hall–Kier alpha value is -1.98. The number of rotatable bonds is 11. The first-order chi connectivity index (χ1) is 14.0. The molecule has 4 nitrogen and oxygen atoms in total. The first-order valence-electron chi connectivity index (χ1n) is 10.5. The summed E-state index contributed by atoms with van der Waals surface area (Å²) in [5.74, 6) is -0.298. The largest absolute Gasteiger partial charge is 0.481 e. The second-order valence-corrected chi connectivity index (χ2v) is 9.26. The third-order valence-corrected chi connectivity index (χ3v) is 7.22. The smallest absolute Gasteiger partial charge is 0.303 e. The average molecular weight is 415 g/mol. The molecule has 1 aliphatic rings. The second-order valence-electron chi connectivity index (χ2n) is 8.14. The van der Waals surface area contributed by atoms with E-state index in [0.29, 0.717) is 19.3 Å². The van der Waals surface area contributed by atoms with Crippen LogP contribution in [0.2, 0.25) is 0 Å². The standard InChI is InChI=1S/C24H30O4S/c1-16-14-21(26)19(9-4-2-3-5-11-24(27)28)18(16)12-13-20(25)23-15-17-8-6-7-10-22(17)29-23/h6-8,10,15,18-20,25H,1-5,9,11-14H2,(H,27,28)/t18-,19+,20+/m0/s1. The van der Waals surface area contributed by atoms with Crippen molar-refractivity contribution in [1.29, 1.82) is 0 Å². The van der Waals surface area contributed by atoms with E-state index in [1.165, 1.54) is 4.70 Å². The predicted molar refractivity (Wildman–Crippen MR) is 117 cm³/mol. The molecule has 0 amide bonds. The molecular formula is C24H30O4S. The number of hydrogen-bond donors (Lipinski definition) is 2.